The van der Waals surface area contributed by atoms with Crippen LogP contribution in [-0.2, 0) is 4.79 Å². The smallest absolute Gasteiger partial charge is 0.244 e. The van der Waals surface area contributed by atoms with Gasteiger partial charge in [0.25, 0.3) is 0 Å². The van der Waals surface area contributed by atoms with Gasteiger partial charge in [-0.3, -0.25) is 4.79 Å². The summed E-state index contributed by atoms with van der Waals surface area (Å²) in [4.78, 5) is 11.8. The Hall–Kier alpha value is -3.02. The lowest BCUT2D eigenvalue weighted by Crippen LogP contribution is -2.26. The van der Waals surface area contributed by atoms with Gasteiger partial charge >= 0.3 is 0 Å². The fourth-order valence-corrected chi connectivity index (χ4v) is 2.20. The van der Waals surface area contributed by atoms with E-state index in [1.165, 1.54) is 18.2 Å². The molecule has 0 aliphatic rings. The first-order chi connectivity index (χ1) is 12.6. The molecule has 2 aromatic carbocycles. The van der Waals surface area contributed by atoms with Gasteiger partial charge < -0.3 is 19.5 Å². The summed E-state index contributed by atoms with van der Waals surface area (Å²) in [5, 5.41) is 2.70. The number of rotatable bonds is 9. The molecule has 0 aliphatic carbocycles. The van der Waals surface area contributed by atoms with Gasteiger partial charge in [0.1, 0.15) is 18.2 Å². The molecule has 1 N–H and O–H groups in total. The highest BCUT2D eigenvalue weighted by molar-refractivity contribution is 5.91. The summed E-state index contributed by atoms with van der Waals surface area (Å²) in [5.41, 5.74) is 0.820. The summed E-state index contributed by atoms with van der Waals surface area (Å²) in [7, 11) is 1.58. The zero-order valence-electron chi connectivity index (χ0n) is 14.8. The monoisotopic (exact) mass is 359 g/mol. The van der Waals surface area contributed by atoms with E-state index < -0.39 is 0 Å². The standard InChI is InChI=1S/C20H22FNO4/c1-3-25-19-13-15(7-9-18(19)24-2)8-10-20(23)22-11-12-26-17-6-4-5-16(21)14-17/h4-10,13-14H,3,11-12H2,1-2H3,(H,22,23)/b10-8+. The maximum absolute atomic E-state index is 13.0. The molecule has 5 nitrogen and oxygen atoms in total. The SMILES string of the molecule is CCOc1cc(/C=C/C(=O)NCCOc2cccc(F)c2)ccc1OC. The van der Waals surface area contributed by atoms with Crippen LogP contribution in [0.5, 0.6) is 17.2 Å². The van der Waals surface area contributed by atoms with Gasteiger partial charge in [-0.15, -0.1) is 0 Å². The molecule has 0 spiro atoms. The van der Waals surface area contributed by atoms with Gasteiger partial charge in [0.2, 0.25) is 5.91 Å². The molecule has 0 saturated carbocycles. The largest absolute Gasteiger partial charge is 0.493 e. The third-order valence-corrected chi connectivity index (χ3v) is 3.38. The Morgan fingerprint density at radius 2 is 2.00 bits per heavy atom. The molecule has 1 amide bonds. The van der Waals surface area contributed by atoms with Crippen molar-refractivity contribution in [3.63, 3.8) is 0 Å². The van der Waals surface area contributed by atoms with Crippen LogP contribution >= 0.6 is 0 Å². The van der Waals surface area contributed by atoms with E-state index in [9.17, 15) is 9.18 Å². The van der Waals surface area contributed by atoms with Crippen LogP contribution < -0.4 is 19.5 Å². The summed E-state index contributed by atoms with van der Waals surface area (Å²) >= 11 is 0. The van der Waals surface area contributed by atoms with Gasteiger partial charge in [0.05, 0.1) is 20.3 Å². The molecule has 6 heteroatoms. The summed E-state index contributed by atoms with van der Waals surface area (Å²) in [5.74, 6) is 1.09. The first-order valence-electron chi connectivity index (χ1n) is 8.27. The van der Waals surface area contributed by atoms with E-state index in [0.29, 0.717) is 30.4 Å². The van der Waals surface area contributed by atoms with Gasteiger partial charge in [-0.25, -0.2) is 4.39 Å². The third-order valence-electron chi connectivity index (χ3n) is 3.38. The molecule has 0 aliphatic heterocycles. The van der Waals surface area contributed by atoms with Crippen LogP contribution in [0.25, 0.3) is 6.08 Å². The van der Waals surface area contributed by atoms with Crippen molar-refractivity contribution in [2.24, 2.45) is 0 Å². The summed E-state index contributed by atoms with van der Waals surface area (Å²) < 4.78 is 29.1. The van der Waals surface area contributed by atoms with Crippen molar-refractivity contribution in [2.75, 3.05) is 26.9 Å². The predicted molar refractivity (Wildman–Crippen MR) is 98.1 cm³/mol. The van der Waals surface area contributed by atoms with Crippen LogP contribution in [0.1, 0.15) is 12.5 Å². The van der Waals surface area contributed by atoms with Gasteiger partial charge in [-0.1, -0.05) is 12.1 Å². The molecule has 0 saturated heterocycles. The Kier molecular flexibility index (Phi) is 7.49. The molecule has 26 heavy (non-hydrogen) atoms. The first-order valence-corrected chi connectivity index (χ1v) is 8.27. The third kappa shape index (κ3) is 6.12. The normalized spacial score (nSPS) is 10.6. The minimum absolute atomic E-state index is 0.248. The number of carbonyl (C=O) groups is 1. The second-order valence-corrected chi connectivity index (χ2v) is 5.27. The van der Waals surface area contributed by atoms with E-state index in [0.717, 1.165) is 5.56 Å². The number of carbonyl (C=O) groups excluding carboxylic acids is 1. The number of nitrogens with one attached hydrogen (secondary N) is 1. The van der Waals surface area contributed by atoms with Crippen molar-refractivity contribution >= 4 is 12.0 Å². The summed E-state index contributed by atoms with van der Waals surface area (Å²) in [6.07, 6.45) is 3.12. The number of benzene rings is 2. The highest BCUT2D eigenvalue weighted by atomic mass is 19.1. The fourth-order valence-electron chi connectivity index (χ4n) is 2.20. The van der Waals surface area contributed by atoms with E-state index in [1.54, 1.807) is 37.5 Å². The fraction of sp³-hybridized carbons (Fsp3) is 0.250. The number of hydrogen-bond donors (Lipinski definition) is 1. The van der Waals surface area contributed by atoms with Gasteiger partial charge in [0, 0.05) is 12.1 Å². The Labute approximate surface area is 152 Å². The van der Waals surface area contributed by atoms with E-state index in [4.69, 9.17) is 14.2 Å². The van der Waals surface area contributed by atoms with Crippen LogP contribution in [0, 0.1) is 5.82 Å². The second kappa shape index (κ2) is 10.1. The lowest BCUT2D eigenvalue weighted by molar-refractivity contribution is -0.116. The van der Waals surface area contributed by atoms with Crippen LogP contribution in [0.3, 0.4) is 0 Å². The molecular weight excluding hydrogens is 337 g/mol. The molecular formula is C20H22FNO4. The molecule has 0 atom stereocenters. The Bertz CT molecular complexity index is 761. The van der Waals surface area contributed by atoms with E-state index in [1.807, 2.05) is 13.0 Å². The van der Waals surface area contributed by atoms with E-state index in [-0.39, 0.29) is 18.3 Å². The maximum Gasteiger partial charge on any atom is 0.244 e. The molecule has 0 radical (unpaired) electrons. The molecule has 138 valence electrons. The van der Waals surface area contributed by atoms with Crippen molar-refractivity contribution in [1.82, 2.24) is 5.32 Å². The Morgan fingerprint density at radius 1 is 1.15 bits per heavy atom. The Balaban J connectivity index is 1.80. The quantitative estimate of drug-likeness (QED) is 0.550. The molecule has 0 heterocycles. The van der Waals surface area contributed by atoms with E-state index in [2.05, 4.69) is 5.32 Å². The van der Waals surface area contributed by atoms with Crippen LogP contribution in [0.15, 0.2) is 48.5 Å². The molecule has 0 aromatic heterocycles. The number of halogens is 1. The topological polar surface area (TPSA) is 56.8 Å². The minimum Gasteiger partial charge on any atom is -0.493 e. The van der Waals surface area contributed by atoms with Crippen molar-refractivity contribution < 1.29 is 23.4 Å². The van der Waals surface area contributed by atoms with Crippen molar-refractivity contribution in [2.45, 2.75) is 6.92 Å². The molecule has 2 aromatic rings. The van der Waals surface area contributed by atoms with Crippen molar-refractivity contribution in [3.8, 4) is 17.2 Å². The van der Waals surface area contributed by atoms with Crippen LogP contribution in [-0.4, -0.2) is 32.8 Å². The number of hydrogen-bond acceptors (Lipinski definition) is 4. The van der Waals surface area contributed by atoms with Gasteiger partial charge in [-0.2, -0.15) is 0 Å². The lowest BCUT2D eigenvalue weighted by atomic mass is 10.2. The zero-order valence-corrected chi connectivity index (χ0v) is 14.8. The highest BCUT2D eigenvalue weighted by Crippen LogP contribution is 2.28. The zero-order chi connectivity index (χ0) is 18.8. The molecule has 0 bridgehead atoms. The van der Waals surface area contributed by atoms with Crippen LogP contribution in [0.4, 0.5) is 4.39 Å². The van der Waals surface area contributed by atoms with Gasteiger partial charge in [0.15, 0.2) is 11.5 Å². The maximum atomic E-state index is 13.0. The number of amides is 1. The Morgan fingerprint density at radius 3 is 2.73 bits per heavy atom. The van der Waals surface area contributed by atoms with Gasteiger partial charge in [-0.05, 0) is 42.8 Å². The number of methoxy groups -OCH3 is 1. The average Bonchev–Trinajstić information content (AvgIpc) is 2.64. The highest BCUT2D eigenvalue weighted by Gasteiger charge is 2.04. The molecule has 2 rings (SSSR count). The second-order valence-electron chi connectivity index (χ2n) is 5.27. The summed E-state index contributed by atoms with van der Waals surface area (Å²) in [6, 6.07) is 11.3. The predicted octanol–water partition coefficient (Wildman–Crippen LogP) is 3.44. The minimum atomic E-state index is -0.361. The number of ether oxygens (including phenoxy) is 3. The average molecular weight is 359 g/mol. The van der Waals surface area contributed by atoms with Crippen molar-refractivity contribution in [1.29, 1.82) is 0 Å². The molecule has 0 unspecified atom stereocenters. The first kappa shape index (κ1) is 19.3. The lowest BCUT2D eigenvalue weighted by Gasteiger charge is -2.09. The summed E-state index contributed by atoms with van der Waals surface area (Å²) in [6.45, 7) is 2.98. The molecule has 0 fully saturated rings. The van der Waals surface area contributed by atoms with E-state index >= 15 is 0 Å². The van der Waals surface area contributed by atoms with Crippen LogP contribution in [0.2, 0.25) is 0 Å². The van der Waals surface area contributed by atoms with Crippen molar-refractivity contribution in [3.05, 3.63) is 59.9 Å².